The zero-order valence-corrected chi connectivity index (χ0v) is 12.9. The van der Waals surface area contributed by atoms with E-state index in [1.54, 1.807) is 24.3 Å². The van der Waals surface area contributed by atoms with Crippen molar-refractivity contribution in [3.63, 3.8) is 0 Å². The van der Waals surface area contributed by atoms with Gasteiger partial charge in [-0.25, -0.2) is 8.42 Å². The Kier molecular flexibility index (Phi) is 3.66. The molecule has 1 aromatic heterocycles. The number of benzene rings is 1. The lowest BCUT2D eigenvalue weighted by Crippen LogP contribution is -2.38. The first-order valence-corrected chi connectivity index (χ1v) is 8.47. The highest BCUT2D eigenvalue weighted by atomic mass is 32.2. The summed E-state index contributed by atoms with van der Waals surface area (Å²) in [6.07, 6.45) is 4.19. The molecule has 0 unspecified atom stereocenters. The summed E-state index contributed by atoms with van der Waals surface area (Å²) in [6.45, 7) is 0. The molecule has 0 aliphatic carbocycles. The van der Waals surface area contributed by atoms with Crippen LogP contribution in [0, 0.1) is 10.1 Å². The average Bonchev–Trinajstić information content (AvgIpc) is 3.15. The van der Waals surface area contributed by atoms with Crippen LogP contribution in [0.4, 0.5) is 5.69 Å². The van der Waals surface area contributed by atoms with E-state index >= 15 is 0 Å². The van der Waals surface area contributed by atoms with Crippen LogP contribution in [-0.4, -0.2) is 24.0 Å². The summed E-state index contributed by atoms with van der Waals surface area (Å²) in [4.78, 5) is 10.4. The number of hydrogen-bond acceptors (Lipinski definition) is 6. The van der Waals surface area contributed by atoms with E-state index in [0.29, 0.717) is 17.0 Å². The van der Waals surface area contributed by atoms with Crippen LogP contribution in [0.2, 0.25) is 0 Å². The molecule has 1 N–H and O–H groups in total. The van der Waals surface area contributed by atoms with E-state index in [1.807, 2.05) is 0 Å². The lowest BCUT2D eigenvalue weighted by Gasteiger charge is -2.22. The van der Waals surface area contributed by atoms with Gasteiger partial charge in [-0.1, -0.05) is 12.1 Å². The van der Waals surface area contributed by atoms with E-state index < -0.39 is 21.0 Å². The molecule has 120 valence electrons. The number of hydrogen-bond donors (Lipinski definition) is 1. The molecule has 0 amide bonds. The quantitative estimate of drug-likeness (QED) is 0.677. The lowest BCUT2D eigenvalue weighted by molar-refractivity contribution is -0.384. The maximum Gasteiger partial charge on any atom is 0.269 e. The zero-order chi connectivity index (χ0) is 16.6. The fourth-order valence-electron chi connectivity index (χ4n) is 2.36. The Morgan fingerprint density at radius 2 is 2.09 bits per heavy atom. The van der Waals surface area contributed by atoms with E-state index in [9.17, 15) is 18.5 Å². The summed E-state index contributed by atoms with van der Waals surface area (Å²) in [6, 6.07) is 8.54. The van der Waals surface area contributed by atoms with Gasteiger partial charge in [0.05, 0.1) is 29.2 Å². The van der Waals surface area contributed by atoms with Gasteiger partial charge in [0.25, 0.3) is 5.69 Å². The van der Waals surface area contributed by atoms with E-state index in [0.717, 1.165) is 10.7 Å². The maximum absolute atomic E-state index is 12.0. The van der Waals surface area contributed by atoms with Crippen LogP contribution in [0.3, 0.4) is 0 Å². The third kappa shape index (κ3) is 2.96. The van der Waals surface area contributed by atoms with Gasteiger partial charge in [0.1, 0.15) is 0 Å². The lowest BCUT2D eigenvalue weighted by atomic mass is 10.1. The van der Waals surface area contributed by atoms with Crippen molar-refractivity contribution < 1.29 is 17.8 Å². The molecule has 0 fully saturated rings. The molecule has 1 atom stereocenters. The van der Waals surface area contributed by atoms with Crippen molar-refractivity contribution in [3.8, 4) is 0 Å². The molecular formula is C14H13N3O5S. The fraction of sp³-hybridized carbons (Fsp3) is 0.143. The molecule has 1 aliphatic rings. The van der Waals surface area contributed by atoms with Crippen LogP contribution in [0.1, 0.15) is 17.4 Å². The van der Waals surface area contributed by atoms with Gasteiger partial charge in [-0.3, -0.25) is 10.1 Å². The fourth-order valence-corrected chi connectivity index (χ4v) is 3.22. The smallest absolute Gasteiger partial charge is 0.269 e. The summed E-state index contributed by atoms with van der Waals surface area (Å²) < 4.78 is 30.3. The standard InChI is InChI=1S/C14H13N3O5S/c1-23(20,21)16-13(9-12(15-16)14-6-3-7-22-14)10-4-2-5-11(8-10)17(18)19/h2-9,13,15H,1H3/t13-/m1/s1. The number of furan rings is 1. The normalized spacial score (nSPS) is 18.5. The number of nitrogens with one attached hydrogen (secondary N) is 1. The third-order valence-electron chi connectivity index (χ3n) is 3.37. The van der Waals surface area contributed by atoms with Gasteiger partial charge in [0.2, 0.25) is 10.0 Å². The number of nitro groups is 1. The molecule has 3 rings (SSSR count). The first kappa shape index (κ1) is 15.3. The summed E-state index contributed by atoms with van der Waals surface area (Å²) in [7, 11) is -3.60. The van der Waals surface area contributed by atoms with Crippen molar-refractivity contribution in [2.45, 2.75) is 6.04 Å². The molecule has 1 aliphatic heterocycles. The summed E-state index contributed by atoms with van der Waals surface area (Å²) in [5.41, 5.74) is 3.64. The van der Waals surface area contributed by atoms with Gasteiger partial charge in [-0.05, 0) is 23.8 Å². The maximum atomic E-state index is 12.0. The molecule has 8 nitrogen and oxygen atoms in total. The second-order valence-electron chi connectivity index (χ2n) is 5.03. The Balaban J connectivity index is 2.06. The molecule has 2 heterocycles. The van der Waals surface area contributed by atoms with Crippen molar-refractivity contribution >= 4 is 21.4 Å². The SMILES string of the molecule is CS(=O)(=O)N1NC(c2ccco2)=C[C@@H]1c1cccc([N+](=O)[O-])c1. The number of rotatable bonds is 4. The van der Waals surface area contributed by atoms with Crippen LogP contribution in [0.15, 0.2) is 53.2 Å². The number of nitrogens with zero attached hydrogens (tertiary/aromatic N) is 2. The van der Waals surface area contributed by atoms with Crippen LogP contribution >= 0.6 is 0 Å². The second kappa shape index (κ2) is 5.52. The van der Waals surface area contributed by atoms with Crippen molar-refractivity contribution in [3.05, 3.63) is 70.2 Å². The van der Waals surface area contributed by atoms with Crippen LogP contribution in [0.25, 0.3) is 5.70 Å². The van der Waals surface area contributed by atoms with Gasteiger partial charge >= 0.3 is 0 Å². The summed E-state index contributed by atoms with van der Waals surface area (Å²) >= 11 is 0. The Hall–Kier alpha value is -2.65. The van der Waals surface area contributed by atoms with Gasteiger partial charge in [0, 0.05) is 12.1 Å². The van der Waals surface area contributed by atoms with Crippen LogP contribution < -0.4 is 5.43 Å². The molecule has 1 aromatic carbocycles. The molecular weight excluding hydrogens is 322 g/mol. The number of sulfonamides is 1. The van der Waals surface area contributed by atoms with Crippen molar-refractivity contribution in [1.29, 1.82) is 0 Å². The van der Waals surface area contributed by atoms with Gasteiger partial charge in [0.15, 0.2) is 5.76 Å². The van der Waals surface area contributed by atoms with E-state index in [4.69, 9.17) is 4.42 Å². The predicted octanol–water partition coefficient (Wildman–Crippen LogP) is 2.05. The van der Waals surface area contributed by atoms with E-state index in [2.05, 4.69) is 5.43 Å². The van der Waals surface area contributed by atoms with Crippen LogP contribution in [-0.2, 0) is 10.0 Å². The highest BCUT2D eigenvalue weighted by Crippen LogP contribution is 2.34. The largest absolute Gasteiger partial charge is 0.463 e. The summed E-state index contributed by atoms with van der Waals surface area (Å²) in [5.74, 6) is 0.478. The number of nitro benzene ring substituents is 1. The van der Waals surface area contributed by atoms with Crippen LogP contribution in [0.5, 0.6) is 0 Å². The zero-order valence-electron chi connectivity index (χ0n) is 12.0. The molecule has 0 radical (unpaired) electrons. The van der Waals surface area contributed by atoms with Crippen molar-refractivity contribution in [2.24, 2.45) is 0 Å². The van der Waals surface area contributed by atoms with Gasteiger partial charge in [-0.2, -0.15) is 0 Å². The minimum Gasteiger partial charge on any atom is -0.463 e. The number of hydrazine groups is 1. The average molecular weight is 335 g/mol. The van der Waals surface area contributed by atoms with E-state index in [-0.39, 0.29) is 5.69 Å². The Morgan fingerprint density at radius 3 is 2.70 bits per heavy atom. The molecule has 23 heavy (non-hydrogen) atoms. The molecule has 0 spiro atoms. The molecule has 9 heteroatoms. The molecule has 0 saturated heterocycles. The highest BCUT2D eigenvalue weighted by molar-refractivity contribution is 7.88. The minimum atomic E-state index is -3.60. The monoisotopic (exact) mass is 335 g/mol. The van der Waals surface area contributed by atoms with E-state index in [1.165, 1.54) is 24.5 Å². The first-order valence-electron chi connectivity index (χ1n) is 6.62. The topological polar surface area (TPSA) is 106 Å². The number of non-ortho nitro benzene ring substituents is 1. The van der Waals surface area contributed by atoms with Gasteiger partial charge in [-0.15, -0.1) is 4.41 Å². The molecule has 0 saturated carbocycles. The van der Waals surface area contributed by atoms with Crippen molar-refractivity contribution in [2.75, 3.05) is 6.26 Å². The molecule has 2 aromatic rings. The predicted molar refractivity (Wildman–Crippen MR) is 82.3 cm³/mol. The summed E-state index contributed by atoms with van der Waals surface area (Å²) in [5, 5.41) is 10.9. The minimum absolute atomic E-state index is 0.101. The molecule has 0 bridgehead atoms. The Bertz CT molecular complexity index is 874. The third-order valence-corrected chi connectivity index (χ3v) is 4.41. The van der Waals surface area contributed by atoms with Crippen molar-refractivity contribution in [1.82, 2.24) is 9.84 Å². The Labute approximate surface area is 132 Å². The second-order valence-corrected chi connectivity index (χ2v) is 6.88. The van der Waals surface area contributed by atoms with Gasteiger partial charge < -0.3 is 9.84 Å². The highest BCUT2D eigenvalue weighted by Gasteiger charge is 2.34. The first-order chi connectivity index (χ1) is 10.9. The Morgan fingerprint density at radius 1 is 1.30 bits per heavy atom.